The number of hydrogen-bond acceptors (Lipinski definition) is 6. The van der Waals surface area contributed by atoms with E-state index in [2.05, 4.69) is 16.0 Å². The molecule has 4 aromatic carbocycles. The van der Waals surface area contributed by atoms with Crippen LogP contribution in [0.5, 0.6) is 11.5 Å². The zero-order chi connectivity index (χ0) is 32.6. The second-order valence-corrected chi connectivity index (χ2v) is 10.3. The van der Waals surface area contributed by atoms with E-state index in [-0.39, 0.29) is 30.2 Å². The van der Waals surface area contributed by atoms with Crippen molar-refractivity contribution in [1.29, 1.82) is 0 Å². The smallest absolute Gasteiger partial charge is 0.236 e. The largest absolute Gasteiger partial charge is 0.489 e. The summed E-state index contributed by atoms with van der Waals surface area (Å²) >= 11 is 0. The molecule has 45 heavy (non-hydrogen) atoms. The highest BCUT2D eigenvalue weighted by Gasteiger charge is 2.10. The number of carbonyl (C=O) groups excluding carboxylic acids is 2. The molecule has 5 N–H and O–H groups in total. The number of amides is 2. The highest BCUT2D eigenvalue weighted by molar-refractivity contribution is 5.81. The lowest BCUT2D eigenvalue weighted by molar-refractivity contribution is -0.122. The molecule has 0 aliphatic heterocycles. The van der Waals surface area contributed by atoms with Crippen LogP contribution in [0.3, 0.4) is 0 Å². The van der Waals surface area contributed by atoms with Gasteiger partial charge in [0.1, 0.15) is 36.3 Å². The Morgan fingerprint density at radius 2 is 1.36 bits per heavy atom. The molecule has 10 heteroatoms. The van der Waals surface area contributed by atoms with Gasteiger partial charge in [-0.3, -0.25) is 9.59 Å². The highest BCUT2D eigenvalue weighted by atomic mass is 19.1. The van der Waals surface area contributed by atoms with Gasteiger partial charge in [0.2, 0.25) is 11.8 Å². The summed E-state index contributed by atoms with van der Waals surface area (Å²) in [7, 11) is 1.61. The van der Waals surface area contributed by atoms with Crippen LogP contribution in [0.2, 0.25) is 0 Å². The maximum atomic E-state index is 13.5. The standard InChI is InChI=1S/C18H21FN2O2.C17H19FN2O2/c1-13(18(22)20-2)21-11-14-7-9-16(10-8-14)23-12-15-5-3-4-6-17(15)19;1-12(17(19)21)20-10-13-4-3-7-16(9-13)22-11-14-5-2-6-15(18)8-14/h3-10,13,21H,11-12H2,1-2H3,(H,20,22);2-9,12,20H,10-11H2,1H3,(H2,19,21)/t13-;12-/m00/s1. The molecule has 2 amide bonds. The summed E-state index contributed by atoms with van der Waals surface area (Å²) in [5, 5.41) is 8.75. The second-order valence-electron chi connectivity index (χ2n) is 10.3. The summed E-state index contributed by atoms with van der Waals surface area (Å²) in [6.07, 6.45) is 0. The Bertz CT molecular complexity index is 1520. The van der Waals surface area contributed by atoms with E-state index in [0.29, 0.717) is 36.8 Å². The molecule has 0 aliphatic carbocycles. The van der Waals surface area contributed by atoms with Crippen molar-refractivity contribution in [1.82, 2.24) is 16.0 Å². The van der Waals surface area contributed by atoms with Crippen LogP contribution in [-0.2, 0) is 35.9 Å². The van der Waals surface area contributed by atoms with Gasteiger partial charge < -0.3 is 31.2 Å². The number of hydrogen-bond donors (Lipinski definition) is 4. The summed E-state index contributed by atoms with van der Waals surface area (Å²) in [6, 6.07) is 27.2. The Balaban J connectivity index is 0.000000246. The number of nitrogens with two attached hydrogens (primary N) is 1. The molecular formula is C35H40F2N4O4. The second kappa shape index (κ2) is 18.1. The van der Waals surface area contributed by atoms with Crippen LogP contribution >= 0.6 is 0 Å². The van der Waals surface area contributed by atoms with Crippen LogP contribution < -0.4 is 31.2 Å². The maximum absolute atomic E-state index is 13.5. The Morgan fingerprint density at radius 1 is 0.711 bits per heavy atom. The predicted molar refractivity (Wildman–Crippen MR) is 170 cm³/mol. The normalized spacial score (nSPS) is 11.8. The molecular weight excluding hydrogens is 578 g/mol. The van der Waals surface area contributed by atoms with E-state index < -0.39 is 11.9 Å². The lowest BCUT2D eigenvalue weighted by atomic mass is 10.2. The first-order valence-electron chi connectivity index (χ1n) is 14.5. The Labute approximate surface area is 262 Å². The van der Waals surface area contributed by atoms with Gasteiger partial charge in [0.05, 0.1) is 12.1 Å². The number of likely N-dealkylation sites (N-methyl/N-ethyl adjacent to an activating group) is 1. The molecule has 0 saturated carbocycles. The number of halogens is 2. The third-order valence-corrected chi connectivity index (χ3v) is 6.76. The lowest BCUT2D eigenvalue weighted by Crippen LogP contribution is -2.40. The van der Waals surface area contributed by atoms with E-state index in [0.717, 1.165) is 16.7 Å². The van der Waals surface area contributed by atoms with Gasteiger partial charge in [-0.15, -0.1) is 0 Å². The van der Waals surface area contributed by atoms with Crippen LogP contribution in [0.1, 0.15) is 36.1 Å². The van der Waals surface area contributed by atoms with Gasteiger partial charge in [0.25, 0.3) is 0 Å². The zero-order valence-corrected chi connectivity index (χ0v) is 25.7. The van der Waals surface area contributed by atoms with Gasteiger partial charge >= 0.3 is 0 Å². The molecule has 0 saturated heterocycles. The van der Waals surface area contributed by atoms with Crippen molar-refractivity contribution >= 4 is 11.8 Å². The summed E-state index contributed by atoms with van der Waals surface area (Å²) in [5.41, 5.74) is 8.51. The monoisotopic (exact) mass is 618 g/mol. The fourth-order valence-corrected chi connectivity index (χ4v) is 3.97. The summed E-state index contributed by atoms with van der Waals surface area (Å²) < 4.78 is 37.8. The minimum absolute atomic E-state index is 0.0464. The van der Waals surface area contributed by atoms with Crippen molar-refractivity contribution < 1.29 is 27.8 Å². The SMILES string of the molecule is CNC(=O)[C@H](C)NCc1ccc(OCc2ccccc2F)cc1.C[C@H](NCc1cccc(OCc2cccc(F)c2)c1)C(N)=O. The number of rotatable bonds is 14. The molecule has 4 aromatic rings. The highest BCUT2D eigenvalue weighted by Crippen LogP contribution is 2.17. The van der Waals surface area contributed by atoms with E-state index >= 15 is 0 Å². The third-order valence-electron chi connectivity index (χ3n) is 6.76. The molecule has 8 nitrogen and oxygen atoms in total. The van der Waals surface area contributed by atoms with Crippen molar-refractivity contribution in [3.63, 3.8) is 0 Å². The van der Waals surface area contributed by atoms with E-state index in [1.807, 2.05) is 61.5 Å². The molecule has 0 bridgehead atoms. The molecule has 0 radical (unpaired) electrons. The fourth-order valence-electron chi connectivity index (χ4n) is 3.97. The number of benzene rings is 4. The molecule has 238 valence electrons. The Hall–Kier alpha value is -4.80. The minimum atomic E-state index is -0.392. The third kappa shape index (κ3) is 12.4. The van der Waals surface area contributed by atoms with Gasteiger partial charge in [0.15, 0.2) is 0 Å². The number of ether oxygens (including phenoxy) is 2. The van der Waals surface area contributed by atoms with Crippen molar-refractivity contribution in [2.75, 3.05) is 7.05 Å². The van der Waals surface area contributed by atoms with E-state index in [4.69, 9.17) is 15.2 Å². The Morgan fingerprint density at radius 3 is 2.04 bits per heavy atom. The van der Waals surface area contributed by atoms with Crippen molar-refractivity contribution in [3.05, 3.63) is 131 Å². The maximum Gasteiger partial charge on any atom is 0.236 e. The first-order valence-corrected chi connectivity index (χ1v) is 14.5. The molecule has 0 unspecified atom stereocenters. The van der Waals surface area contributed by atoms with Gasteiger partial charge in [-0.2, -0.15) is 0 Å². The zero-order valence-electron chi connectivity index (χ0n) is 25.7. The van der Waals surface area contributed by atoms with Gasteiger partial charge in [0, 0.05) is 25.7 Å². The molecule has 0 aromatic heterocycles. The Kier molecular flexibility index (Phi) is 14.0. The minimum Gasteiger partial charge on any atom is -0.489 e. The molecule has 0 spiro atoms. The van der Waals surface area contributed by atoms with Crippen LogP contribution in [0.25, 0.3) is 0 Å². The summed E-state index contributed by atoms with van der Waals surface area (Å²) in [4.78, 5) is 22.4. The van der Waals surface area contributed by atoms with E-state index in [1.165, 1.54) is 18.2 Å². The van der Waals surface area contributed by atoms with Gasteiger partial charge in [-0.05, 0) is 73.0 Å². The van der Waals surface area contributed by atoms with Crippen LogP contribution in [0.4, 0.5) is 8.78 Å². The first kappa shape index (κ1) is 34.7. The average molecular weight is 619 g/mol. The lowest BCUT2D eigenvalue weighted by Gasteiger charge is -2.12. The molecule has 0 fully saturated rings. The summed E-state index contributed by atoms with van der Waals surface area (Å²) in [5.74, 6) is 0.385. The number of nitrogens with one attached hydrogen (secondary N) is 3. The van der Waals surface area contributed by atoms with Crippen molar-refractivity contribution in [2.45, 2.75) is 52.2 Å². The predicted octanol–water partition coefficient (Wildman–Crippen LogP) is 5.00. The quantitative estimate of drug-likeness (QED) is 0.158. The topological polar surface area (TPSA) is 115 Å². The first-order chi connectivity index (χ1) is 21.6. The fraction of sp³-hybridized carbons (Fsp3) is 0.257. The van der Waals surface area contributed by atoms with Crippen LogP contribution in [-0.4, -0.2) is 30.9 Å². The molecule has 0 aliphatic rings. The molecule has 0 heterocycles. The van der Waals surface area contributed by atoms with Crippen molar-refractivity contribution in [3.8, 4) is 11.5 Å². The van der Waals surface area contributed by atoms with Crippen LogP contribution in [0, 0.1) is 11.6 Å². The average Bonchev–Trinajstić information content (AvgIpc) is 3.05. The van der Waals surface area contributed by atoms with Gasteiger partial charge in [-0.25, -0.2) is 8.78 Å². The van der Waals surface area contributed by atoms with E-state index in [9.17, 15) is 18.4 Å². The van der Waals surface area contributed by atoms with Gasteiger partial charge in [-0.1, -0.05) is 54.6 Å². The van der Waals surface area contributed by atoms with E-state index in [1.54, 1.807) is 38.2 Å². The molecule has 4 rings (SSSR count). The number of carbonyl (C=O) groups is 2. The van der Waals surface area contributed by atoms with Crippen LogP contribution in [0.15, 0.2) is 97.1 Å². The molecule has 2 atom stereocenters. The van der Waals surface area contributed by atoms with Crippen molar-refractivity contribution in [2.24, 2.45) is 5.73 Å². The summed E-state index contributed by atoms with van der Waals surface area (Å²) in [6.45, 7) is 5.12. The number of primary amides is 1.